The first kappa shape index (κ1) is 23.5. The lowest BCUT2D eigenvalue weighted by Crippen LogP contribution is -2.32. The summed E-state index contributed by atoms with van der Waals surface area (Å²) < 4.78 is 5.72. The van der Waals surface area contributed by atoms with E-state index in [-0.39, 0.29) is 11.3 Å². The Morgan fingerprint density at radius 2 is 1.84 bits per heavy atom. The third kappa shape index (κ3) is 5.02. The second-order valence-corrected chi connectivity index (χ2v) is 8.39. The molecule has 1 fully saturated rings. The van der Waals surface area contributed by atoms with Crippen molar-refractivity contribution in [2.75, 3.05) is 33.8 Å². The van der Waals surface area contributed by atoms with Crippen LogP contribution in [0.4, 0.5) is 0 Å². The monoisotopic (exact) mass is 436 g/mol. The number of carbonyl (C=O) groups excluding carboxylic acids is 2. The van der Waals surface area contributed by atoms with Crippen LogP contribution in [-0.2, 0) is 9.59 Å². The highest BCUT2D eigenvalue weighted by atomic mass is 16.5. The molecule has 0 aliphatic carbocycles. The van der Waals surface area contributed by atoms with E-state index in [0.29, 0.717) is 18.7 Å². The van der Waals surface area contributed by atoms with Gasteiger partial charge in [-0.05, 0) is 69.7 Å². The average Bonchev–Trinajstić information content (AvgIpc) is 3.03. The summed E-state index contributed by atoms with van der Waals surface area (Å²) in [6, 6.07) is 14.1. The molecule has 170 valence electrons. The van der Waals surface area contributed by atoms with Gasteiger partial charge >= 0.3 is 0 Å². The van der Waals surface area contributed by atoms with Gasteiger partial charge in [-0.25, -0.2) is 0 Å². The zero-order chi connectivity index (χ0) is 23.3. The van der Waals surface area contributed by atoms with E-state index in [9.17, 15) is 14.7 Å². The molecule has 1 atom stereocenters. The molecule has 0 unspecified atom stereocenters. The SMILES string of the molecule is CCCOc1ccc(C(O)=C2C(=O)C(=O)N(CCCN(C)C)[C@@H]2c2ccccc2)cc1C. The van der Waals surface area contributed by atoms with Crippen LogP contribution < -0.4 is 4.74 Å². The van der Waals surface area contributed by atoms with Gasteiger partial charge in [0.05, 0.1) is 18.2 Å². The van der Waals surface area contributed by atoms with Gasteiger partial charge in [0, 0.05) is 12.1 Å². The van der Waals surface area contributed by atoms with Crippen LogP contribution >= 0.6 is 0 Å². The van der Waals surface area contributed by atoms with Crippen LogP contribution in [0.3, 0.4) is 0 Å². The summed E-state index contributed by atoms with van der Waals surface area (Å²) in [6.45, 7) is 5.77. The van der Waals surface area contributed by atoms with E-state index < -0.39 is 17.7 Å². The van der Waals surface area contributed by atoms with Crippen molar-refractivity contribution in [3.8, 4) is 5.75 Å². The molecule has 1 N–H and O–H groups in total. The van der Waals surface area contributed by atoms with Crippen molar-refractivity contribution in [3.05, 3.63) is 70.8 Å². The van der Waals surface area contributed by atoms with Crippen molar-refractivity contribution in [3.63, 3.8) is 0 Å². The number of aryl methyl sites for hydroxylation is 1. The fourth-order valence-electron chi connectivity index (χ4n) is 3.98. The van der Waals surface area contributed by atoms with E-state index in [1.807, 2.05) is 63.2 Å². The zero-order valence-electron chi connectivity index (χ0n) is 19.3. The number of ether oxygens (including phenoxy) is 1. The first-order chi connectivity index (χ1) is 15.3. The second-order valence-electron chi connectivity index (χ2n) is 8.39. The highest BCUT2D eigenvalue weighted by molar-refractivity contribution is 6.46. The van der Waals surface area contributed by atoms with Crippen molar-refractivity contribution >= 4 is 17.4 Å². The summed E-state index contributed by atoms with van der Waals surface area (Å²) in [5.41, 5.74) is 2.29. The number of benzene rings is 2. The smallest absolute Gasteiger partial charge is 0.295 e. The predicted molar refractivity (Wildman–Crippen MR) is 126 cm³/mol. The third-order valence-electron chi connectivity index (χ3n) is 5.57. The van der Waals surface area contributed by atoms with Crippen molar-refractivity contribution in [2.24, 2.45) is 0 Å². The summed E-state index contributed by atoms with van der Waals surface area (Å²) in [6.07, 6.45) is 1.63. The van der Waals surface area contributed by atoms with E-state index in [4.69, 9.17) is 4.74 Å². The maximum Gasteiger partial charge on any atom is 0.295 e. The van der Waals surface area contributed by atoms with Gasteiger partial charge in [0.15, 0.2) is 0 Å². The first-order valence-corrected chi connectivity index (χ1v) is 11.1. The van der Waals surface area contributed by atoms with E-state index >= 15 is 0 Å². The molecule has 1 saturated heterocycles. The molecule has 2 aromatic rings. The Kier molecular flexibility index (Phi) is 7.70. The predicted octanol–water partition coefficient (Wildman–Crippen LogP) is 4.16. The Morgan fingerprint density at radius 1 is 1.12 bits per heavy atom. The second kappa shape index (κ2) is 10.5. The van der Waals surface area contributed by atoms with Crippen LogP contribution in [0.5, 0.6) is 5.75 Å². The van der Waals surface area contributed by atoms with Crippen LogP contribution in [0.25, 0.3) is 5.76 Å². The molecule has 0 saturated carbocycles. The summed E-state index contributed by atoms with van der Waals surface area (Å²) in [7, 11) is 3.94. The van der Waals surface area contributed by atoms with Crippen LogP contribution in [-0.4, -0.2) is 60.4 Å². The molecule has 3 rings (SSSR count). The summed E-state index contributed by atoms with van der Waals surface area (Å²) >= 11 is 0. The molecule has 1 heterocycles. The number of hydrogen-bond acceptors (Lipinski definition) is 5. The van der Waals surface area contributed by atoms with Gasteiger partial charge in [-0.3, -0.25) is 9.59 Å². The maximum atomic E-state index is 13.1. The van der Waals surface area contributed by atoms with Gasteiger partial charge in [-0.2, -0.15) is 0 Å². The molecule has 0 aromatic heterocycles. The summed E-state index contributed by atoms with van der Waals surface area (Å²) in [5.74, 6) is -0.631. The van der Waals surface area contributed by atoms with Gasteiger partial charge in [-0.15, -0.1) is 0 Å². The zero-order valence-corrected chi connectivity index (χ0v) is 19.3. The molecule has 0 spiro atoms. The lowest BCUT2D eigenvalue weighted by atomic mass is 9.95. The minimum absolute atomic E-state index is 0.132. The molecule has 32 heavy (non-hydrogen) atoms. The summed E-state index contributed by atoms with van der Waals surface area (Å²) in [5, 5.41) is 11.2. The van der Waals surface area contributed by atoms with Crippen molar-refractivity contribution < 1.29 is 19.4 Å². The average molecular weight is 437 g/mol. The van der Waals surface area contributed by atoms with Crippen molar-refractivity contribution in [1.82, 2.24) is 9.80 Å². The minimum Gasteiger partial charge on any atom is -0.507 e. The topological polar surface area (TPSA) is 70.1 Å². The van der Waals surface area contributed by atoms with E-state index in [2.05, 4.69) is 0 Å². The Morgan fingerprint density at radius 3 is 2.47 bits per heavy atom. The van der Waals surface area contributed by atoms with E-state index in [0.717, 1.165) is 36.3 Å². The first-order valence-electron chi connectivity index (χ1n) is 11.1. The molecule has 6 nitrogen and oxygen atoms in total. The number of aliphatic hydroxyl groups is 1. The van der Waals surface area contributed by atoms with Crippen molar-refractivity contribution in [1.29, 1.82) is 0 Å². The molecular formula is C26H32N2O4. The van der Waals surface area contributed by atoms with Crippen LogP contribution in [0, 0.1) is 6.92 Å². The molecule has 1 aliphatic heterocycles. The number of carbonyl (C=O) groups is 2. The van der Waals surface area contributed by atoms with Gasteiger partial charge in [-0.1, -0.05) is 37.3 Å². The number of Topliss-reactive ketones (excluding diaryl/α,β-unsaturated/α-hetero) is 1. The number of amides is 1. The molecular weight excluding hydrogens is 404 g/mol. The third-order valence-corrected chi connectivity index (χ3v) is 5.57. The van der Waals surface area contributed by atoms with Crippen LogP contribution in [0.15, 0.2) is 54.1 Å². The highest BCUT2D eigenvalue weighted by Gasteiger charge is 2.45. The Balaban J connectivity index is 2.03. The van der Waals surface area contributed by atoms with Crippen molar-refractivity contribution in [2.45, 2.75) is 32.7 Å². The van der Waals surface area contributed by atoms with Crippen LogP contribution in [0.2, 0.25) is 0 Å². The standard InChI is InChI=1S/C26H32N2O4/c1-5-16-32-21-13-12-20(17-18(21)2)24(29)22-23(19-10-7-6-8-11-19)28(26(31)25(22)30)15-9-14-27(3)4/h6-8,10-13,17,23,29H,5,9,14-16H2,1-4H3/t23-/m1/s1. The Labute approximate surface area is 190 Å². The Hall–Kier alpha value is -3.12. The fraction of sp³-hybridized carbons (Fsp3) is 0.385. The van der Waals surface area contributed by atoms with Crippen LogP contribution in [0.1, 0.15) is 42.5 Å². The number of hydrogen-bond donors (Lipinski definition) is 1. The fourth-order valence-corrected chi connectivity index (χ4v) is 3.98. The molecule has 0 bridgehead atoms. The molecule has 0 radical (unpaired) electrons. The number of nitrogens with zero attached hydrogens (tertiary/aromatic N) is 2. The maximum absolute atomic E-state index is 13.1. The number of aliphatic hydroxyl groups excluding tert-OH is 1. The lowest BCUT2D eigenvalue weighted by Gasteiger charge is -2.26. The molecule has 1 amide bonds. The summed E-state index contributed by atoms with van der Waals surface area (Å²) in [4.78, 5) is 29.6. The van der Waals surface area contributed by atoms with Gasteiger partial charge in [0.25, 0.3) is 11.7 Å². The number of ketones is 1. The molecule has 2 aromatic carbocycles. The van der Waals surface area contributed by atoms with E-state index in [1.165, 1.54) is 0 Å². The number of likely N-dealkylation sites (tertiary alicyclic amines) is 1. The molecule has 1 aliphatic rings. The number of rotatable bonds is 9. The van der Waals surface area contributed by atoms with E-state index in [1.54, 1.807) is 23.1 Å². The lowest BCUT2D eigenvalue weighted by molar-refractivity contribution is -0.139. The highest BCUT2D eigenvalue weighted by Crippen LogP contribution is 2.39. The molecule has 6 heteroatoms. The quantitative estimate of drug-likeness (QED) is 0.363. The largest absolute Gasteiger partial charge is 0.507 e. The van der Waals surface area contributed by atoms with Gasteiger partial charge < -0.3 is 19.6 Å². The van der Waals surface area contributed by atoms with Gasteiger partial charge in [0.1, 0.15) is 11.5 Å². The minimum atomic E-state index is -0.648. The Bertz CT molecular complexity index is 998. The normalized spacial score (nSPS) is 17.9. The van der Waals surface area contributed by atoms with Gasteiger partial charge in [0.2, 0.25) is 0 Å².